The first-order valence-electron chi connectivity index (χ1n) is 7.99. The van der Waals surface area contributed by atoms with Gasteiger partial charge in [0.1, 0.15) is 6.04 Å². The van der Waals surface area contributed by atoms with Gasteiger partial charge in [-0.05, 0) is 37.9 Å². The van der Waals surface area contributed by atoms with Crippen molar-refractivity contribution in [3.05, 3.63) is 23.8 Å². The number of carbonyl (C=O) groups is 1. The van der Waals surface area contributed by atoms with Crippen LogP contribution < -0.4 is 15.5 Å². The zero-order valence-electron chi connectivity index (χ0n) is 13.6. The zero-order valence-corrected chi connectivity index (χ0v) is 13.6. The lowest BCUT2D eigenvalue weighted by Gasteiger charge is -2.25. The smallest absolute Gasteiger partial charge is 0.246 e. The van der Waals surface area contributed by atoms with Gasteiger partial charge < -0.3 is 15.5 Å². The first kappa shape index (κ1) is 15.8. The minimum absolute atomic E-state index is 0.0579. The number of hydrogen-bond acceptors (Lipinski definition) is 3. The lowest BCUT2D eigenvalue weighted by Crippen LogP contribution is -2.28. The van der Waals surface area contributed by atoms with Crippen LogP contribution in [0.2, 0.25) is 0 Å². The van der Waals surface area contributed by atoms with E-state index in [1.807, 2.05) is 0 Å². The number of rotatable bonds is 7. The third kappa shape index (κ3) is 3.56. The average molecular weight is 289 g/mol. The van der Waals surface area contributed by atoms with Crippen molar-refractivity contribution in [3.8, 4) is 0 Å². The maximum absolute atomic E-state index is 12.1. The molecule has 1 heterocycles. The molecule has 1 aromatic rings. The Balaban J connectivity index is 2.20. The van der Waals surface area contributed by atoms with E-state index in [1.165, 1.54) is 5.69 Å². The summed E-state index contributed by atoms with van der Waals surface area (Å²) in [6.07, 6.45) is 1.02. The van der Waals surface area contributed by atoms with E-state index < -0.39 is 0 Å². The quantitative estimate of drug-likeness (QED) is 0.810. The van der Waals surface area contributed by atoms with E-state index >= 15 is 0 Å². The molecular weight excluding hydrogens is 262 g/mol. The van der Waals surface area contributed by atoms with Gasteiger partial charge in [0, 0.05) is 30.0 Å². The van der Waals surface area contributed by atoms with E-state index in [4.69, 9.17) is 0 Å². The molecule has 0 fully saturated rings. The molecule has 0 spiro atoms. The molecule has 2 rings (SSSR count). The van der Waals surface area contributed by atoms with Crippen LogP contribution >= 0.6 is 0 Å². The lowest BCUT2D eigenvalue weighted by molar-refractivity contribution is -0.117. The predicted octanol–water partition coefficient (Wildman–Crippen LogP) is 3.16. The van der Waals surface area contributed by atoms with Crippen molar-refractivity contribution in [2.45, 2.75) is 40.2 Å². The Morgan fingerprint density at radius 1 is 1.33 bits per heavy atom. The van der Waals surface area contributed by atoms with Crippen LogP contribution in [0.25, 0.3) is 0 Å². The van der Waals surface area contributed by atoms with Crippen LogP contribution in [0.1, 0.15) is 45.7 Å². The molecule has 1 aliphatic heterocycles. The number of fused-ring (bicyclic) bond motifs is 1. The minimum Gasteiger partial charge on any atom is -0.371 e. The molecule has 116 valence electrons. The number of nitrogens with zero attached hydrogens (tertiary/aromatic N) is 1. The van der Waals surface area contributed by atoms with Crippen molar-refractivity contribution in [1.29, 1.82) is 0 Å². The predicted molar refractivity (Wildman–Crippen MR) is 88.8 cm³/mol. The second-order valence-corrected chi connectivity index (χ2v) is 6.08. The molecule has 4 heteroatoms. The second-order valence-electron chi connectivity index (χ2n) is 6.08. The summed E-state index contributed by atoms with van der Waals surface area (Å²) in [5.74, 6) is 0.675. The highest BCUT2D eigenvalue weighted by Crippen LogP contribution is 2.34. The summed E-state index contributed by atoms with van der Waals surface area (Å²) >= 11 is 0. The number of hydrogen-bond donors (Lipinski definition) is 2. The van der Waals surface area contributed by atoms with Crippen molar-refractivity contribution < 1.29 is 4.79 Å². The molecular formula is C17H27N3O. The molecule has 0 aromatic heterocycles. The topological polar surface area (TPSA) is 44.4 Å². The molecule has 1 amide bonds. The molecule has 0 radical (unpaired) electrons. The fraction of sp³-hybridized carbons (Fsp3) is 0.588. The summed E-state index contributed by atoms with van der Waals surface area (Å²) in [5.41, 5.74) is 3.20. The summed E-state index contributed by atoms with van der Waals surface area (Å²) in [7, 11) is 0. The van der Waals surface area contributed by atoms with Crippen molar-refractivity contribution in [2.24, 2.45) is 5.92 Å². The highest BCUT2D eigenvalue weighted by atomic mass is 16.2. The molecule has 0 saturated heterocycles. The van der Waals surface area contributed by atoms with E-state index in [1.54, 1.807) is 0 Å². The van der Waals surface area contributed by atoms with E-state index in [9.17, 15) is 4.79 Å². The Morgan fingerprint density at radius 3 is 2.71 bits per heavy atom. The molecule has 1 aliphatic rings. The molecule has 0 bridgehead atoms. The lowest BCUT2D eigenvalue weighted by atomic mass is 10.1. The molecule has 4 nitrogen and oxygen atoms in total. The SMILES string of the molecule is CCCNC1C(=O)Nc2cc(N(CC)CC(C)C)ccc21. The highest BCUT2D eigenvalue weighted by molar-refractivity contribution is 6.03. The van der Waals surface area contributed by atoms with Crippen LogP contribution in [0.15, 0.2) is 18.2 Å². The molecule has 21 heavy (non-hydrogen) atoms. The fourth-order valence-corrected chi connectivity index (χ4v) is 2.80. The van der Waals surface area contributed by atoms with Gasteiger partial charge in [-0.2, -0.15) is 0 Å². The van der Waals surface area contributed by atoms with Crippen molar-refractivity contribution in [2.75, 3.05) is 29.9 Å². The third-order valence-corrected chi connectivity index (χ3v) is 3.80. The van der Waals surface area contributed by atoms with Gasteiger partial charge in [0.15, 0.2) is 0 Å². The van der Waals surface area contributed by atoms with Crippen LogP contribution in [0, 0.1) is 5.92 Å². The van der Waals surface area contributed by atoms with Crippen molar-refractivity contribution >= 4 is 17.3 Å². The van der Waals surface area contributed by atoms with Crippen LogP contribution in [-0.2, 0) is 4.79 Å². The fourth-order valence-electron chi connectivity index (χ4n) is 2.80. The molecule has 2 N–H and O–H groups in total. The summed E-state index contributed by atoms with van der Waals surface area (Å²) in [6.45, 7) is 11.6. The Labute approximate surface area is 127 Å². The average Bonchev–Trinajstić information content (AvgIpc) is 2.76. The maximum atomic E-state index is 12.1. The normalized spacial score (nSPS) is 17.0. The number of benzene rings is 1. The van der Waals surface area contributed by atoms with E-state index in [0.29, 0.717) is 5.92 Å². The summed E-state index contributed by atoms with van der Waals surface area (Å²) in [4.78, 5) is 14.4. The Bertz CT molecular complexity index is 499. The van der Waals surface area contributed by atoms with Crippen LogP contribution in [0.4, 0.5) is 11.4 Å². The van der Waals surface area contributed by atoms with Gasteiger partial charge in [0.05, 0.1) is 0 Å². The molecule has 1 unspecified atom stereocenters. The van der Waals surface area contributed by atoms with Gasteiger partial charge in [-0.1, -0.05) is 26.8 Å². The van der Waals surface area contributed by atoms with E-state index in [0.717, 1.165) is 37.3 Å². The maximum Gasteiger partial charge on any atom is 0.246 e. The number of anilines is 2. The van der Waals surface area contributed by atoms with Crippen LogP contribution in [-0.4, -0.2) is 25.5 Å². The standard InChI is InChI=1S/C17H27N3O/c1-5-9-18-16-14-8-7-13(10-15(14)19-17(16)21)20(6-2)11-12(3)4/h7-8,10,12,16,18H,5-6,9,11H2,1-4H3,(H,19,21). The monoisotopic (exact) mass is 289 g/mol. The Morgan fingerprint density at radius 2 is 2.10 bits per heavy atom. The van der Waals surface area contributed by atoms with Gasteiger partial charge in [0.2, 0.25) is 5.91 Å². The van der Waals surface area contributed by atoms with E-state index in [2.05, 4.69) is 61.4 Å². The highest BCUT2D eigenvalue weighted by Gasteiger charge is 2.30. The van der Waals surface area contributed by atoms with Gasteiger partial charge in [0.25, 0.3) is 0 Å². The minimum atomic E-state index is -0.200. The van der Waals surface area contributed by atoms with Gasteiger partial charge >= 0.3 is 0 Å². The van der Waals surface area contributed by atoms with Gasteiger partial charge in [-0.25, -0.2) is 0 Å². The number of nitrogens with one attached hydrogen (secondary N) is 2. The molecule has 0 saturated carbocycles. The van der Waals surface area contributed by atoms with E-state index in [-0.39, 0.29) is 11.9 Å². The second kappa shape index (κ2) is 6.94. The van der Waals surface area contributed by atoms with Crippen LogP contribution in [0.5, 0.6) is 0 Å². The Kier molecular flexibility index (Phi) is 5.23. The Hall–Kier alpha value is -1.55. The first-order chi connectivity index (χ1) is 10.1. The summed E-state index contributed by atoms with van der Waals surface area (Å²) in [6, 6.07) is 6.12. The first-order valence-corrected chi connectivity index (χ1v) is 7.99. The molecule has 1 atom stereocenters. The number of carbonyl (C=O) groups excluding carboxylic acids is 1. The molecule has 0 aliphatic carbocycles. The molecule has 1 aromatic carbocycles. The summed E-state index contributed by atoms with van der Waals surface area (Å²) < 4.78 is 0. The third-order valence-electron chi connectivity index (χ3n) is 3.80. The number of amides is 1. The largest absolute Gasteiger partial charge is 0.371 e. The van der Waals surface area contributed by atoms with Crippen molar-refractivity contribution in [1.82, 2.24) is 5.32 Å². The summed E-state index contributed by atoms with van der Waals surface area (Å²) in [5, 5.41) is 6.31. The van der Waals surface area contributed by atoms with Gasteiger partial charge in [-0.15, -0.1) is 0 Å². The van der Waals surface area contributed by atoms with Crippen molar-refractivity contribution in [3.63, 3.8) is 0 Å². The van der Waals surface area contributed by atoms with Gasteiger partial charge in [-0.3, -0.25) is 4.79 Å². The zero-order chi connectivity index (χ0) is 15.4. The van der Waals surface area contributed by atoms with Crippen LogP contribution in [0.3, 0.4) is 0 Å².